The molecule has 1 atom stereocenters. The molecule has 0 unspecified atom stereocenters. The molecule has 0 aromatic heterocycles. The van der Waals surface area contributed by atoms with Crippen LogP contribution in [0, 0.1) is 0 Å². The number of hydrogen-bond acceptors (Lipinski definition) is 5. The van der Waals surface area contributed by atoms with Crippen molar-refractivity contribution in [1.29, 1.82) is 0 Å². The van der Waals surface area contributed by atoms with Crippen molar-refractivity contribution in [2.24, 2.45) is 0 Å². The minimum Gasteiger partial charge on any atom is -0.467 e. The highest BCUT2D eigenvalue weighted by molar-refractivity contribution is 5.82. The Bertz CT molecular complexity index is 409. The zero-order chi connectivity index (χ0) is 15.7. The molecule has 1 amide bonds. The van der Waals surface area contributed by atoms with Crippen LogP contribution in [0.25, 0.3) is 0 Å². The van der Waals surface area contributed by atoms with Crippen molar-refractivity contribution >= 4 is 12.1 Å². The van der Waals surface area contributed by atoms with Crippen molar-refractivity contribution in [3.05, 3.63) is 0 Å². The summed E-state index contributed by atoms with van der Waals surface area (Å²) >= 11 is 0. The Kier molecular flexibility index (Phi) is 4.46. The van der Waals surface area contributed by atoms with Crippen LogP contribution in [0.1, 0.15) is 52.9 Å². The summed E-state index contributed by atoms with van der Waals surface area (Å²) < 4.78 is 16.2. The Morgan fingerprint density at radius 2 is 1.81 bits per heavy atom. The van der Waals surface area contributed by atoms with E-state index in [1.807, 2.05) is 20.8 Å². The van der Waals surface area contributed by atoms with Crippen molar-refractivity contribution < 1.29 is 23.8 Å². The molecule has 0 radical (unpaired) electrons. The number of methoxy groups -OCH3 is 1. The van der Waals surface area contributed by atoms with Crippen LogP contribution in [0.2, 0.25) is 0 Å². The molecule has 1 saturated carbocycles. The first kappa shape index (κ1) is 16.1. The van der Waals surface area contributed by atoms with Gasteiger partial charge < -0.3 is 14.2 Å². The fraction of sp³-hybridized carbons (Fsp3) is 0.867. The maximum atomic E-state index is 12.6. The summed E-state index contributed by atoms with van der Waals surface area (Å²) in [6.07, 6.45) is 4.05. The average Bonchev–Trinajstić information content (AvgIpc) is 2.76. The molecule has 0 bridgehead atoms. The van der Waals surface area contributed by atoms with Gasteiger partial charge in [0.2, 0.25) is 0 Å². The first-order valence-electron chi connectivity index (χ1n) is 7.53. The lowest BCUT2D eigenvalue weighted by Crippen LogP contribution is -2.55. The molecule has 1 aliphatic carbocycles. The minimum atomic E-state index is -0.719. The van der Waals surface area contributed by atoms with Gasteiger partial charge >= 0.3 is 12.1 Å². The second kappa shape index (κ2) is 5.83. The van der Waals surface area contributed by atoms with Gasteiger partial charge in [-0.1, -0.05) is 6.42 Å². The fourth-order valence-corrected chi connectivity index (χ4v) is 3.07. The van der Waals surface area contributed by atoms with Crippen molar-refractivity contribution in [3.63, 3.8) is 0 Å². The predicted molar refractivity (Wildman–Crippen MR) is 75.6 cm³/mol. The summed E-state index contributed by atoms with van der Waals surface area (Å²) in [5, 5.41) is 0. The first-order valence-corrected chi connectivity index (χ1v) is 7.53. The van der Waals surface area contributed by atoms with Gasteiger partial charge in [0.15, 0.2) is 6.04 Å². The number of amides is 1. The maximum Gasteiger partial charge on any atom is 0.413 e. The van der Waals surface area contributed by atoms with Gasteiger partial charge in [0.05, 0.1) is 13.7 Å². The Morgan fingerprint density at radius 3 is 2.33 bits per heavy atom. The van der Waals surface area contributed by atoms with E-state index >= 15 is 0 Å². The molecule has 2 fully saturated rings. The van der Waals surface area contributed by atoms with E-state index in [0.29, 0.717) is 0 Å². The zero-order valence-corrected chi connectivity index (χ0v) is 13.3. The van der Waals surface area contributed by atoms with E-state index in [4.69, 9.17) is 14.2 Å². The van der Waals surface area contributed by atoms with Gasteiger partial charge in [0.1, 0.15) is 11.3 Å². The third kappa shape index (κ3) is 3.31. The minimum absolute atomic E-state index is 0.173. The number of hydrogen-bond donors (Lipinski definition) is 0. The highest BCUT2D eigenvalue weighted by Gasteiger charge is 2.54. The normalized spacial score (nSPS) is 25.0. The van der Waals surface area contributed by atoms with Crippen molar-refractivity contribution in [2.75, 3.05) is 13.7 Å². The molecule has 2 aliphatic rings. The summed E-state index contributed by atoms with van der Waals surface area (Å²) in [6, 6.07) is -0.719. The topological polar surface area (TPSA) is 65.1 Å². The van der Waals surface area contributed by atoms with Crippen LogP contribution >= 0.6 is 0 Å². The average molecular weight is 299 g/mol. The third-order valence-corrected chi connectivity index (χ3v) is 3.96. The lowest BCUT2D eigenvalue weighted by Gasteiger charge is -2.41. The van der Waals surface area contributed by atoms with Crippen molar-refractivity contribution in [3.8, 4) is 0 Å². The monoisotopic (exact) mass is 299 g/mol. The van der Waals surface area contributed by atoms with Crippen LogP contribution in [0.4, 0.5) is 4.79 Å². The summed E-state index contributed by atoms with van der Waals surface area (Å²) in [5.74, 6) is -0.455. The molecule has 1 spiro atoms. The van der Waals surface area contributed by atoms with Crippen LogP contribution in [-0.4, -0.2) is 48.0 Å². The number of ether oxygens (including phenoxy) is 3. The smallest absolute Gasteiger partial charge is 0.413 e. The van der Waals surface area contributed by atoms with Crippen LogP contribution in [0.5, 0.6) is 0 Å². The van der Waals surface area contributed by atoms with E-state index in [9.17, 15) is 9.59 Å². The molecule has 0 aromatic carbocycles. The summed E-state index contributed by atoms with van der Waals surface area (Å²) in [4.78, 5) is 26.0. The number of rotatable bonds is 1. The van der Waals surface area contributed by atoms with Gasteiger partial charge in [-0.25, -0.2) is 9.59 Å². The van der Waals surface area contributed by atoms with Crippen molar-refractivity contribution in [2.45, 2.75) is 70.2 Å². The number of carbonyl (C=O) groups is 2. The standard InChI is InChI=1S/C15H25NO5/c1-14(2,3)21-13(18)16-11(12(17)19-4)10-20-15(16)8-6-5-7-9-15/h11H,5-10H2,1-4H3/t11-/m0/s1. The summed E-state index contributed by atoms with van der Waals surface area (Å²) in [5.41, 5.74) is -1.32. The zero-order valence-electron chi connectivity index (χ0n) is 13.3. The largest absolute Gasteiger partial charge is 0.467 e. The van der Waals surface area contributed by atoms with E-state index in [1.165, 1.54) is 12.0 Å². The Hall–Kier alpha value is -1.30. The van der Waals surface area contributed by atoms with Crippen molar-refractivity contribution in [1.82, 2.24) is 4.90 Å². The lowest BCUT2D eigenvalue weighted by molar-refractivity contribution is -0.148. The van der Waals surface area contributed by atoms with Crippen LogP contribution < -0.4 is 0 Å². The van der Waals surface area contributed by atoms with Gasteiger partial charge in [0, 0.05) is 0 Å². The lowest BCUT2D eigenvalue weighted by atomic mass is 9.90. The molecule has 120 valence electrons. The summed E-state index contributed by atoms with van der Waals surface area (Å²) in [7, 11) is 1.32. The first-order chi connectivity index (χ1) is 9.79. The molecule has 6 nitrogen and oxygen atoms in total. The molecule has 21 heavy (non-hydrogen) atoms. The maximum absolute atomic E-state index is 12.6. The second-order valence-electron chi connectivity index (χ2n) is 6.71. The second-order valence-corrected chi connectivity index (χ2v) is 6.71. The van der Waals surface area contributed by atoms with Crippen LogP contribution in [0.15, 0.2) is 0 Å². The van der Waals surface area contributed by atoms with Gasteiger partial charge in [-0.05, 0) is 46.5 Å². The van der Waals surface area contributed by atoms with Crippen LogP contribution in [-0.2, 0) is 19.0 Å². The van der Waals surface area contributed by atoms with E-state index < -0.39 is 29.4 Å². The van der Waals surface area contributed by atoms with E-state index in [1.54, 1.807) is 0 Å². The predicted octanol–water partition coefficient (Wildman–Crippen LogP) is 2.46. The SMILES string of the molecule is COC(=O)[C@@H]1COC2(CCCCC2)N1C(=O)OC(C)(C)C. The van der Waals surface area contributed by atoms with Crippen LogP contribution in [0.3, 0.4) is 0 Å². The number of carbonyl (C=O) groups excluding carboxylic acids is 2. The number of nitrogens with zero attached hydrogens (tertiary/aromatic N) is 1. The third-order valence-electron chi connectivity index (χ3n) is 3.96. The highest BCUT2D eigenvalue weighted by atomic mass is 16.6. The van der Waals surface area contributed by atoms with Gasteiger partial charge in [-0.2, -0.15) is 0 Å². The molecular weight excluding hydrogens is 274 g/mol. The quantitative estimate of drug-likeness (QED) is 0.696. The van der Waals surface area contributed by atoms with E-state index in [0.717, 1.165) is 32.1 Å². The molecule has 1 aliphatic heterocycles. The number of esters is 1. The molecule has 6 heteroatoms. The Labute approximate surface area is 125 Å². The van der Waals surface area contributed by atoms with Gasteiger partial charge in [-0.3, -0.25) is 4.90 Å². The Balaban J connectivity index is 2.26. The molecule has 1 heterocycles. The molecule has 2 rings (SSSR count). The molecule has 0 N–H and O–H groups in total. The molecule has 1 saturated heterocycles. The van der Waals surface area contributed by atoms with E-state index in [2.05, 4.69) is 0 Å². The molecular formula is C15H25NO5. The molecule has 0 aromatic rings. The fourth-order valence-electron chi connectivity index (χ4n) is 3.07. The van der Waals surface area contributed by atoms with E-state index in [-0.39, 0.29) is 6.61 Å². The van der Waals surface area contributed by atoms with Gasteiger partial charge in [0.25, 0.3) is 0 Å². The highest BCUT2D eigenvalue weighted by Crippen LogP contribution is 2.41. The summed E-state index contributed by atoms with van der Waals surface area (Å²) in [6.45, 7) is 5.60. The van der Waals surface area contributed by atoms with Gasteiger partial charge in [-0.15, -0.1) is 0 Å². The Morgan fingerprint density at radius 1 is 1.19 bits per heavy atom.